The molecule has 2 heterocycles. The summed E-state index contributed by atoms with van der Waals surface area (Å²) in [6.45, 7) is 1.69. The molecule has 9 heteroatoms. The van der Waals surface area contributed by atoms with Crippen molar-refractivity contribution in [3.05, 3.63) is 12.0 Å². The summed E-state index contributed by atoms with van der Waals surface area (Å²) in [5.74, 6) is -0.850. The van der Waals surface area contributed by atoms with Gasteiger partial charge >= 0.3 is 5.97 Å². The van der Waals surface area contributed by atoms with E-state index in [1.54, 1.807) is 6.92 Å². The van der Waals surface area contributed by atoms with Gasteiger partial charge in [-0.05, 0) is 6.92 Å². The van der Waals surface area contributed by atoms with Crippen molar-refractivity contribution in [2.24, 2.45) is 0 Å². The van der Waals surface area contributed by atoms with Crippen LogP contribution in [-0.4, -0.2) is 49.1 Å². The van der Waals surface area contributed by atoms with Gasteiger partial charge in [0, 0.05) is 0 Å². The van der Waals surface area contributed by atoms with Crippen molar-refractivity contribution in [2.75, 3.05) is 12.3 Å². The number of aromatic nitrogens is 4. The molecule has 102 valence electrons. The van der Waals surface area contributed by atoms with Crippen molar-refractivity contribution in [1.29, 1.82) is 0 Å². The molecular weight excluding hydrogens is 254 g/mol. The molecule has 19 heavy (non-hydrogen) atoms. The van der Waals surface area contributed by atoms with Gasteiger partial charge < -0.3 is 20.7 Å². The van der Waals surface area contributed by atoms with Gasteiger partial charge in [0.25, 0.3) is 0 Å². The summed E-state index contributed by atoms with van der Waals surface area (Å²) in [6.07, 6.45) is -2.09. The Kier molecular flexibility index (Phi) is 3.58. The molecule has 0 spiro atoms. The zero-order valence-corrected chi connectivity index (χ0v) is 10.1. The van der Waals surface area contributed by atoms with Gasteiger partial charge in [-0.25, -0.2) is 14.8 Å². The lowest BCUT2D eigenvalue weighted by molar-refractivity contribution is -0.159. The maximum Gasteiger partial charge on any atom is 0.338 e. The lowest BCUT2D eigenvalue weighted by Gasteiger charge is -2.15. The molecule has 0 aromatic carbocycles. The van der Waals surface area contributed by atoms with Gasteiger partial charge in [-0.1, -0.05) is 0 Å². The SMILES string of the molecule is CCOC(=O)C(O)C(O)c1[nH]nc2ncnc(N)c12. The Labute approximate surface area is 107 Å². The van der Waals surface area contributed by atoms with Gasteiger partial charge in [0.15, 0.2) is 11.8 Å². The van der Waals surface area contributed by atoms with Crippen LogP contribution in [0.1, 0.15) is 18.7 Å². The quantitative estimate of drug-likeness (QED) is 0.510. The first-order valence-electron chi connectivity index (χ1n) is 5.53. The molecule has 0 aliphatic rings. The topological polar surface area (TPSA) is 147 Å². The first kappa shape index (κ1) is 13.2. The number of nitrogens with zero attached hydrogens (tertiary/aromatic N) is 3. The molecule has 2 atom stereocenters. The number of nitrogen functional groups attached to an aromatic ring is 1. The number of nitrogens with two attached hydrogens (primary N) is 1. The van der Waals surface area contributed by atoms with Crippen molar-refractivity contribution < 1.29 is 19.7 Å². The third-order valence-electron chi connectivity index (χ3n) is 2.53. The second kappa shape index (κ2) is 5.16. The summed E-state index contributed by atoms with van der Waals surface area (Å²) in [7, 11) is 0. The predicted octanol–water partition coefficient (Wildman–Crippen LogP) is -1.11. The predicted molar refractivity (Wildman–Crippen MR) is 63.7 cm³/mol. The minimum atomic E-state index is -1.75. The lowest BCUT2D eigenvalue weighted by atomic mass is 10.1. The first-order chi connectivity index (χ1) is 9.06. The number of nitrogens with one attached hydrogen (secondary N) is 1. The number of carbonyl (C=O) groups is 1. The third-order valence-corrected chi connectivity index (χ3v) is 2.53. The molecule has 2 rings (SSSR count). The monoisotopic (exact) mass is 267 g/mol. The van der Waals surface area contributed by atoms with Crippen LogP contribution in [0.2, 0.25) is 0 Å². The molecule has 0 saturated heterocycles. The second-order valence-corrected chi connectivity index (χ2v) is 3.74. The fourth-order valence-electron chi connectivity index (χ4n) is 1.63. The van der Waals surface area contributed by atoms with Crippen LogP contribution in [-0.2, 0) is 9.53 Å². The van der Waals surface area contributed by atoms with Crippen LogP contribution in [0.4, 0.5) is 5.82 Å². The number of fused-ring (bicyclic) bond motifs is 1. The highest BCUT2D eigenvalue weighted by Crippen LogP contribution is 2.26. The molecule has 0 bridgehead atoms. The molecule has 2 aromatic heterocycles. The summed E-state index contributed by atoms with van der Waals surface area (Å²) in [5.41, 5.74) is 5.95. The van der Waals surface area contributed by atoms with Crippen molar-refractivity contribution >= 4 is 22.8 Å². The first-order valence-corrected chi connectivity index (χ1v) is 5.53. The average molecular weight is 267 g/mol. The summed E-state index contributed by atoms with van der Waals surface area (Å²) in [6, 6.07) is 0. The van der Waals surface area contributed by atoms with Crippen molar-refractivity contribution in [1.82, 2.24) is 20.2 Å². The molecular formula is C10H13N5O4. The molecule has 2 unspecified atom stereocenters. The maximum atomic E-state index is 11.4. The van der Waals surface area contributed by atoms with Crippen LogP contribution < -0.4 is 5.73 Å². The molecule has 0 amide bonds. The number of aliphatic hydroxyl groups excluding tert-OH is 2. The summed E-state index contributed by atoms with van der Waals surface area (Å²) in [5, 5.41) is 26.2. The Balaban J connectivity index is 2.36. The van der Waals surface area contributed by atoms with E-state index in [2.05, 4.69) is 24.9 Å². The Bertz CT molecular complexity index is 599. The Hall–Kier alpha value is -2.26. The van der Waals surface area contributed by atoms with E-state index in [0.717, 1.165) is 0 Å². The zero-order chi connectivity index (χ0) is 14.0. The smallest absolute Gasteiger partial charge is 0.338 e. The summed E-state index contributed by atoms with van der Waals surface area (Å²) < 4.78 is 4.62. The van der Waals surface area contributed by atoms with Gasteiger partial charge in [-0.3, -0.25) is 5.10 Å². The third kappa shape index (κ3) is 2.33. The standard InChI is InChI=1S/C10H13N5O4/c1-2-19-10(18)7(17)6(16)5-4-8(11)12-3-13-9(4)15-14-5/h3,6-7,16-17H,2H2,1H3,(H3,11,12,13,14,15). The normalized spacial score (nSPS) is 14.3. The zero-order valence-electron chi connectivity index (χ0n) is 10.1. The van der Waals surface area contributed by atoms with E-state index < -0.39 is 18.2 Å². The fraction of sp³-hybridized carbons (Fsp3) is 0.400. The van der Waals surface area contributed by atoms with E-state index in [4.69, 9.17) is 5.73 Å². The highest BCUT2D eigenvalue weighted by Gasteiger charge is 2.30. The number of hydrogen-bond acceptors (Lipinski definition) is 8. The number of aliphatic hydroxyl groups is 2. The molecule has 0 aliphatic carbocycles. The number of aromatic amines is 1. The minimum Gasteiger partial charge on any atom is -0.464 e. The molecule has 0 radical (unpaired) electrons. The van der Waals surface area contributed by atoms with E-state index in [0.29, 0.717) is 0 Å². The minimum absolute atomic E-state index is 0.0636. The van der Waals surface area contributed by atoms with Crippen molar-refractivity contribution in [3.63, 3.8) is 0 Å². The molecule has 0 aliphatic heterocycles. The molecule has 2 aromatic rings. The van der Waals surface area contributed by atoms with Crippen LogP contribution in [0.5, 0.6) is 0 Å². The molecule has 5 N–H and O–H groups in total. The van der Waals surface area contributed by atoms with E-state index >= 15 is 0 Å². The number of anilines is 1. The van der Waals surface area contributed by atoms with Crippen LogP contribution in [0.3, 0.4) is 0 Å². The van der Waals surface area contributed by atoms with Gasteiger partial charge in [-0.2, -0.15) is 5.10 Å². The Morgan fingerprint density at radius 3 is 2.95 bits per heavy atom. The van der Waals surface area contributed by atoms with Crippen LogP contribution in [0.25, 0.3) is 11.0 Å². The average Bonchev–Trinajstić information content (AvgIpc) is 2.82. The number of ether oxygens (including phenoxy) is 1. The number of hydrogen-bond donors (Lipinski definition) is 4. The van der Waals surface area contributed by atoms with Gasteiger partial charge in [0.05, 0.1) is 17.7 Å². The number of esters is 1. The Morgan fingerprint density at radius 1 is 1.53 bits per heavy atom. The Morgan fingerprint density at radius 2 is 2.26 bits per heavy atom. The molecule has 0 fully saturated rings. The van der Waals surface area contributed by atoms with E-state index in [-0.39, 0.29) is 29.2 Å². The van der Waals surface area contributed by atoms with Crippen molar-refractivity contribution in [2.45, 2.75) is 19.1 Å². The van der Waals surface area contributed by atoms with Crippen LogP contribution in [0, 0.1) is 0 Å². The van der Waals surface area contributed by atoms with Crippen molar-refractivity contribution in [3.8, 4) is 0 Å². The van der Waals surface area contributed by atoms with E-state index in [1.807, 2.05) is 0 Å². The number of rotatable bonds is 4. The summed E-state index contributed by atoms with van der Waals surface area (Å²) >= 11 is 0. The molecule has 9 nitrogen and oxygen atoms in total. The van der Waals surface area contributed by atoms with Gasteiger partial charge in [-0.15, -0.1) is 0 Å². The lowest BCUT2D eigenvalue weighted by Crippen LogP contribution is -2.30. The van der Waals surface area contributed by atoms with Crippen LogP contribution in [0.15, 0.2) is 6.33 Å². The van der Waals surface area contributed by atoms with E-state index in [1.165, 1.54) is 6.33 Å². The fourth-order valence-corrected chi connectivity index (χ4v) is 1.63. The largest absolute Gasteiger partial charge is 0.464 e. The van der Waals surface area contributed by atoms with Gasteiger partial charge in [0.1, 0.15) is 18.2 Å². The van der Waals surface area contributed by atoms with Crippen LogP contribution >= 0.6 is 0 Å². The number of carbonyl (C=O) groups excluding carboxylic acids is 1. The molecule has 0 saturated carbocycles. The van der Waals surface area contributed by atoms with Gasteiger partial charge in [0.2, 0.25) is 0 Å². The number of H-pyrrole nitrogens is 1. The highest BCUT2D eigenvalue weighted by atomic mass is 16.5. The maximum absolute atomic E-state index is 11.4. The summed E-state index contributed by atoms with van der Waals surface area (Å²) in [4.78, 5) is 19.0. The van der Waals surface area contributed by atoms with E-state index in [9.17, 15) is 15.0 Å². The second-order valence-electron chi connectivity index (χ2n) is 3.74. The highest BCUT2D eigenvalue weighted by molar-refractivity contribution is 5.88.